The van der Waals surface area contributed by atoms with Gasteiger partial charge in [0.15, 0.2) is 0 Å². The lowest BCUT2D eigenvalue weighted by atomic mass is 9.88. The molecule has 98 valence electrons. The fourth-order valence-electron chi connectivity index (χ4n) is 2.40. The van der Waals surface area contributed by atoms with Crippen LogP contribution >= 0.6 is 0 Å². The van der Waals surface area contributed by atoms with Crippen LogP contribution in [-0.2, 0) is 9.59 Å². The maximum absolute atomic E-state index is 12.1. The third-order valence-electron chi connectivity index (χ3n) is 3.65. The molecule has 0 spiro atoms. The minimum atomic E-state index is -0.985. The van der Waals surface area contributed by atoms with E-state index in [1.807, 2.05) is 0 Å². The van der Waals surface area contributed by atoms with Crippen molar-refractivity contribution in [3.63, 3.8) is 0 Å². The van der Waals surface area contributed by atoms with Crippen LogP contribution < -0.4 is 0 Å². The highest BCUT2D eigenvalue weighted by Crippen LogP contribution is 2.29. The molecule has 1 saturated heterocycles. The Morgan fingerprint density at radius 3 is 2.59 bits per heavy atom. The molecule has 4 nitrogen and oxygen atoms in total. The van der Waals surface area contributed by atoms with Crippen molar-refractivity contribution in [3.8, 4) is 0 Å². The summed E-state index contributed by atoms with van der Waals surface area (Å²) in [4.78, 5) is 25.0. The normalized spacial score (nSPS) is 24.7. The number of hydrogen-bond donors (Lipinski definition) is 1. The highest BCUT2D eigenvalue weighted by Gasteiger charge is 2.43. The van der Waals surface area contributed by atoms with Crippen LogP contribution in [0.25, 0.3) is 0 Å². The topological polar surface area (TPSA) is 57.6 Å². The number of carboxylic acids is 1. The highest BCUT2D eigenvalue weighted by atomic mass is 16.4. The number of rotatable bonds is 5. The first-order chi connectivity index (χ1) is 8.02. The van der Waals surface area contributed by atoms with Crippen molar-refractivity contribution in [1.29, 1.82) is 0 Å². The summed E-state index contributed by atoms with van der Waals surface area (Å²) >= 11 is 0. The number of aliphatic carboxylic acids is 1. The molecule has 4 heteroatoms. The monoisotopic (exact) mass is 241 g/mol. The summed E-state index contributed by atoms with van der Waals surface area (Å²) in [5.41, 5.74) is -0.985. The van der Waals surface area contributed by atoms with E-state index >= 15 is 0 Å². The van der Waals surface area contributed by atoms with Crippen molar-refractivity contribution in [1.82, 2.24) is 4.90 Å². The fraction of sp³-hybridized carbons (Fsp3) is 0.846. The average molecular weight is 241 g/mol. The summed E-state index contributed by atoms with van der Waals surface area (Å²) < 4.78 is 0. The van der Waals surface area contributed by atoms with Crippen molar-refractivity contribution in [2.24, 2.45) is 0 Å². The van der Waals surface area contributed by atoms with E-state index in [1.165, 1.54) is 0 Å². The smallest absolute Gasteiger partial charge is 0.329 e. The van der Waals surface area contributed by atoms with Crippen LogP contribution in [-0.4, -0.2) is 34.0 Å². The van der Waals surface area contributed by atoms with Gasteiger partial charge >= 0.3 is 5.97 Å². The van der Waals surface area contributed by atoms with Crippen LogP contribution in [0.5, 0.6) is 0 Å². The predicted molar refractivity (Wildman–Crippen MR) is 65.7 cm³/mol. The predicted octanol–water partition coefficient (Wildman–Crippen LogP) is 2.42. The second kappa shape index (κ2) is 6.03. The molecule has 1 heterocycles. The lowest BCUT2D eigenvalue weighted by molar-refractivity contribution is -0.161. The third-order valence-corrected chi connectivity index (χ3v) is 3.65. The molecule has 1 aliphatic heterocycles. The van der Waals surface area contributed by atoms with E-state index in [0.29, 0.717) is 19.4 Å². The summed E-state index contributed by atoms with van der Waals surface area (Å²) in [5.74, 6) is -0.871. The first-order valence-corrected chi connectivity index (χ1v) is 6.56. The van der Waals surface area contributed by atoms with Gasteiger partial charge in [-0.3, -0.25) is 4.79 Å². The molecule has 0 aromatic carbocycles. The lowest BCUT2D eigenvalue weighted by Gasteiger charge is -2.41. The van der Waals surface area contributed by atoms with E-state index in [9.17, 15) is 14.7 Å². The van der Waals surface area contributed by atoms with Crippen molar-refractivity contribution < 1.29 is 14.7 Å². The Hall–Kier alpha value is -1.06. The van der Waals surface area contributed by atoms with Gasteiger partial charge in [-0.2, -0.15) is 0 Å². The summed E-state index contributed by atoms with van der Waals surface area (Å²) in [6, 6.07) is 0. The molecule has 1 unspecified atom stereocenters. The van der Waals surface area contributed by atoms with E-state index < -0.39 is 11.5 Å². The van der Waals surface area contributed by atoms with Crippen LogP contribution in [0.3, 0.4) is 0 Å². The molecule has 1 rings (SSSR count). The summed E-state index contributed by atoms with van der Waals surface area (Å²) in [7, 11) is 0. The Bertz CT molecular complexity index is 290. The zero-order chi connectivity index (χ0) is 12.9. The second-order valence-corrected chi connectivity index (χ2v) is 5.04. The average Bonchev–Trinajstić information content (AvgIpc) is 2.29. The molecule has 0 aromatic rings. The minimum absolute atomic E-state index is 0.00282. The number of piperidine rings is 1. The minimum Gasteiger partial charge on any atom is -0.480 e. The number of likely N-dealkylation sites (tertiary alicyclic amines) is 1. The molecular weight excluding hydrogens is 218 g/mol. The first-order valence-electron chi connectivity index (χ1n) is 6.56. The van der Waals surface area contributed by atoms with Gasteiger partial charge in [0.05, 0.1) is 0 Å². The number of amides is 1. The van der Waals surface area contributed by atoms with Gasteiger partial charge in [-0.25, -0.2) is 4.79 Å². The molecular formula is C13H23NO3. The molecule has 0 radical (unpaired) electrons. The quantitative estimate of drug-likeness (QED) is 0.752. The highest BCUT2D eigenvalue weighted by molar-refractivity contribution is 5.87. The zero-order valence-corrected chi connectivity index (χ0v) is 10.9. The molecule has 1 N–H and O–H groups in total. The van der Waals surface area contributed by atoms with Crippen LogP contribution in [0.15, 0.2) is 0 Å². The maximum atomic E-state index is 12.1. The van der Waals surface area contributed by atoms with Gasteiger partial charge in [-0.15, -0.1) is 0 Å². The van der Waals surface area contributed by atoms with Gasteiger partial charge < -0.3 is 10.0 Å². The molecule has 1 atom stereocenters. The van der Waals surface area contributed by atoms with E-state index in [0.717, 1.165) is 32.1 Å². The molecule has 0 aliphatic carbocycles. The molecule has 1 aliphatic rings. The van der Waals surface area contributed by atoms with Gasteiger partial charge in [-0.05, 0) is 32.6 Å². The summed E-state index contributed by atoms with van der Waals surface area (Å²) in [6.45, 7) is 4.35. The van der Waals surface area contributed by atoms with Gasteiger partial charge in [0.25, 0.3) is 0 Å². The van der Waals surface area contributed by atoms with E-state index in [-0.39, 0.29) is 5.91 Å². The van der Waals surface area contributed by atoms with Crippen molar-refractivity contribution in [2.45, 2.75) is 64.3 Å². The third kappa shape index (κ3) is 3.20. The van der Waals surface area contributed by atoms with E-state index in [2.05, 4.69) is 6.92 Å². The van der Waals surface area contributed by atoms with Crippen molar-refractivity contribution in [3.05, 3.63) is 0 Å². The molecule has 0 bridgehead atoms. The number of hydrogen-bond acceptors (Lipinski definition) is 2. The van der Waals surface area contributed by atoms with Crippen LogP contribution in [0.1, 0.15) is 58.8 Å². The number of carbonyl (C=O) groups excluding carboxylic acids is 1. The van der Waals surface area contributed by atoms with E-state index in [4.69, 9.17) is 0 Å². The second-order valence-electron chi connectivity index (χ2n) is 5.04. The lowest BCUT2D eigenvalue weighted by Crippen LogP contribution is -2.57. The Morgan fingerprint density at radius 2 is 2.00 bits per heavy atom. The van der Waals surface area contributed by atoms with E-state index in [1.54, 1.807) is 11.8 Å². The van der Waals surface area contributed by atoms with Gasteiger partial charge in [-0.1, -0.05) is 19.8 Å². The molecule has 0 saturated carbocycles. The standard InChI is InChI=1S/C13H23NO3/c1-3-4-5-8-11(15)14-10-7-6-9-13(14,2)12(16)17/h3-10H2,1-2H3,(H,16,17). The first kappa shape index (κ1) is 14.0. The Balaban J connectivity index is 2.65. The van der Waals surface area contributed by atoms with Crippen LogP contribution in [0, 0.1) is 0 Å². The largest absolute Gasteiger partial charge is 0.480 e. The summed E-state index contributed by atoms with van der Waals surface area (Å²) in [6.07, 6.45) is 5.83. The molecule has 1 amide bonds. The SMILES string of the molecule is CCCCCC(=O)N1CCCCC1(C)C(=O)O. The summed E-state index contributed by atoms with van der Waals surface area (Å²) in [5, 5.41) is 9.29. The Labute approximate surface area is 103 Å². The fourth-order valence-corrected chi connectivity index (χ4v) is 2.40. The number of carbonyl (C=O) groups is 2. The van der Waals surface area contributed by atoms with Gasteiger partial charge in [0, 0.05) is 13.0 Å². The van der Waals surface area contributed by atoms with Gasteiger partial charge in [0.1, 0.15) is 5.54 Å². The number of carboxylic acid groups (broad SMARTS) is 1. The number of nitrogens with zero attached hydrogens (tertiary/aromatic N) is 1. The molecule has 17 heavy (non-hydrogen) atoms. The van der Waals surface area contributed by atoms with Crippen molar-refractivity contribution >= 4 is 11.9 Å². The van der Waals surface area contributed by atoms with Crippen molar-refractivity contribution in [2.75, 3.05) is 6.54 Å². The Kier molecular flexibility index (Phi) is 4.97. The van der Waals surface area contributed by atoms with Crippen LogP contribution in [0.4, 0.5) is 0 Å². The molecule has 0 aromatic heterocycles. The van der Waals surface area contributed by atoms with Gasteiger partial charge in [0.2, 0.25) is 5.91 Å². The maximum Gasteiger partial charge on any atom is 0.329 e. The number of unbranched alkanes of at least 4 members (excludes halogenated alkanes) is 2. The van der Waals surface area contributed by atoms with Crippen LogP contribution in [0.2, 0.25) is 0 Å². The molecule has 1 fully saturated rings. The zero-order valence-electron chi connectivity index (χ0n) is 10.9. The Morgan fingerprint density at radius 1 is 1.29 bits per heavy atom.